The third kappa shape index (κ3) is 2.70. The summed E-state index contributed by atoms with van der Waals surface area (Å²) in [5.41, 5.74) is 0. The van der Waals surface area contributed by atoms with E-state index in [1.54, 1.807) is 5.92 Å². The van der Waals surface area contributed by atoms with Crippen LogP contribution in [0.2, 0.25) is 0 Å². The van der Waals surface area contributed by atoms with E-state index in [1.807, 2.05) is 0 Å². The Bertz CT molecular complexity index is 82.7. The van der Waals surface area contributed by atoms with Crippen molar-refractivity contribution in [3.8, 4) is 0 Å². The van der Waals surface area contributed by atoms with E-state index in [9.17, 15) is 0 Å². The molecule has 10 heavy (non-hydrogen) atoms. The Morgan fingerprint density at radius 3 is 2.80 bits per heavy atom. The van der Waals surface area contributed by atoms with Crippen molar-refractivity contribution in [2.24, 2.45) is 5.92 Å². The molecule has 1 saturated heterocycles. The molecule has 1 heterocycles. The van der Waals surface area contributed by atoms with Gasteiger partial charge >= 0.3 is 0 Å². The highest BCUT2D eigenvalue weighted by Gasteiger charge is 2.14. The minimum absolute atomic E-state index is 0.869. The Morgan fingerprint density at radius 2 is 2.30 bits per heavy atom. The van der Waals surface area contributed by atoms with Gasteiger partial charge in [0.05, 0.1) is 0 Å². The molecule has 1 fully saturated rings. The molecule has 1 nitrogen and oxygen atoms in total. The normalized spacial score (nSPS) is 20.7. The van der Waals surface area contributed by atoms with Gasteiger partial charge < -0.3 is 5.32 Å². The number of rotatable bonds is 3. The molecule has 0 aromatic heterocycles. The molecule has 0 amide bonds. The summed E-state index contributed by atoms with van der Waals surface area (Å²) in [5.74, 6) is 2.60. The SMILES string of the molecule is CC(C)CC[C]1CCNC1. The van der Waals surface area contributed by atoms with Crippen molar-refractivity contribution >= 4 is 0 Å². The molecule has 0 aromatic rings. The highest BCUT2D eigenvalue weighted by atomic mass is 14.9. The van der Waals surface area contributed by atoms with Crippen LogP contribution in [-0.2, 0) is 0 Å². The molecule has 59 valence electrons. The minimum atomic E-state index is 0.869. The van der Waals surface area contributed by atoms with Crippen LogP contribution in [0.15, 0.2) is 0 Å². The van der Waals surface area contributed by atoms with Gasteiger partial charge in [-0.05, 0) is 31.2 Å². The largest absolute Gasteiger partial charge is 0.316 e. The molecule has 1 aliphatic rings. The van der Waals surface area contributed by atoms with Gasteiger partial charge in [0.2, 0.25) is 0 Å². The molecule has 0 saturated carbocycles. The second kappa shape index (κ2) is 3.97. The van der Waals surface area contributed by atoms with Crippen LogP contribution in [0.1, 0.15) is 33.1 Å². The fourth-order valence-corrected chi connectivity index (χ4v) is 1.32. The van der Waals surface area contributed by atoms with Crippen molar-refractivity contribution in [2.45, 2.75) is 33.1 Å². The Hall–Kier alpha value is -0.0400. The summed E-state index contributed by atoms with van der Waals surface area (Å²) in [4.78, 5) is 0. The minimum Gasteiger partial charge on any atom is -0.316 e. The average molecular weight is 140 g/mol. The van der Waals surface area contributed by atoms with E-state index in [4.69, 9.17) is 0 Å². The van der Waals surface area contributed by atoms with Crippen molar-refractivity contribution in [3.05, 3.63) is 5.92 Å². The lowest BCUT2D eigenvalue weighted by molar-refractivity contribution is 0.556. The molecule has 0 spiro atoms. The maximum atomic E-state index is 3.36. The Labute approximate surface area is 64.2 Å². The lowest BCUT2D eigenvalue weighted by Crippen LogP contribution is -2.08. The summed E-state index contributed by atoms with van der Waals surface area (Å²) in [6.45, 7) is 6.99. The second-order valence-electron chi connectivity index (χ2n) is 3.61. The maximum Gasteiger partial charge on any atom is 0.00141 e. The average Bonchev–Trinajstić information content (AvgIpc) is 2.34. The predicted octanol–water partition coefficient (Wildman–Crippen LogP) is 1.99. The zero-order chi connectivity index (χ0) is 7.40. The predicted molar refractivity (Wildman–Crippen MR) is 44.8 cm³/mol. The molecule has 0 bridgehead atoms. The molecule has 1 aliphatic heterocycles. The van der Waals surface area contributed by atoms with E-state index in [2.05, 4.69) is 19.2 Å². The van der Waals surface area contributed by atoms with Crippen LogP contribution in [0.5, 0.6) is 0 Å². The quantitative estimate of drug-likeness (QED) is 0.632. The summed E-state index contributed by atoms with van der Waals surface area (Å²) in [7, 11) is 0. The van der Waals surface area contributed by atoms with E-state index in [1.165, 1.54) is 32.4 Å². The number of nitrogens with one attached hydrogen (secondary N) is 1. The molecule has 0 unspecified atom stereocenters. The Balaban J connectivity index is 2.01. The standard InChI is InChI=1S/C9H18N/c1-8(2)3-4-9-5-6-10-7-9/h8,10H,3-7H2,1-2H3. The van der Waals surface area contributed by atoms with Crippen molar-refractivity contribution < 1.29 is 0 Å². The highest BCUT2D eigenvalue weighted by molar-refractivity contribution is 4.97. The molecular formula is C9H18N. The fraction of sp³-hybridized carbons (Fsp3) is 0.889. The summed E-state index contributed by atoms with van der Waals surface area (Å²) < 4.78 is 0. The van der Waals surface area contributed by atoms with Gasteiger partial charge in [-0.15, -0.1) is 0 Å². The van der Waals surface area contributed by atoms with Crippen LogP contribution in [0, 0.1) is 11.8 Å². The van der Waals surface area contributed by atoms with Crippen molar-refractivity contribution in [2.75, 3.05) is 13.1 Å². The van der Waals surface area contributed by atoms with E-state index in [-0.39, 0.29) is 0 Å². The van der Waals surface area contributed by atoms with Gasteiger partial charge in [0, 0.05) is 6.54 Å². The molecule has 0 aliphatic carbocycles. The molecule has 1 radical (unpaired) electrons. The first kappa shape index (κ1) is 8.06. The van der Waals surface area contributed by atoms with Gasteiger partial charge in [0.15, 0.2) is 0 Å². The molecule has 1 N–H and O–H groups in total. The van der Waals surface area contributed by atoms with Crippen molar-refractivity contribution in [1.82, 2.24) is 5.32 Å². The maximum absolute atomic E-state index is 3.36. The summed E-state index contributed by atoms with van der Waals surface area (Å²) in [6.07, 6.45) is 4.05. The summed E-state index contributed by atoms with van der Waals surface area (Å²) >= 11 is 0. The Kier molecular flexibility index (Phi) is 3.20. The molecule has 0 aromatic carbocycles. The van der Waals surface area contributed by atoms with E-state index in [0.29, 0.717) is 0 Å². The van der Waals surface area contributed by atoms with Crippen LogP contribution < -0.4 is 5.32 Å². The van der Waals surface area contributed by atoms with E-state index in [0.717, 1.165) is 5.92 Å². The van der Waals surface area contributed by atoms with Gasteiger partial charge in [-0.1, -0.05) is 20.3 Å². The van der Waals surface area contributed by atoms with Gasteiger partial charge in [0.1, 0.15) is 0 Å². The van der Waals surface area contributed by atoms with Crippen LogP contribution in [0.25, 0.3) is 0 Å². The third-order valence-electron chi connectivity index (χ3n) is 2.11. The number of hydrogen-bond acceptors (Lipinski definition) is 1. The first-order chi connectivity index (χ1) is 4.79. The van der Waals surface area contributed by atoms with Crippen molar-refractivity contribution in [3.63, 3.8) is 0 Å². The van der Waals surface area contributed by atoms with Crippen LogP contribution in [-0.4, -0.2) is 13.1 Å². The van der Waals surface area contributed by atoms with Gasteiger partial charge in [0.25, 0.3) is 0 Å². The van der Waals surface area contributed by atoms with Gasteiger partial charge in [-0.3, -0.25) is 0 Å². The molecule has 0 atom stereocenters. The van der Waals surface area contributed by atoms with Crippen LogP contribution >= 0.6 is 0 Å². The monoisotopic (exact) mass is 140 g/mol. The zero-order valence-electron chi connectivity index (χ0n) is 7.11. The fourth-order valence-electron chi connectivity index (χ4n) is 1.32. The smallest absolute Gasteiger partial charge is 0.00141 e. The topological polar surface area (TPSA) is 12.0 Å². The van der Waals surface area contributed by atoms with Gasteiger partial charge in [-0.25, -0.2) is 0 Å². The summed E-state index contributed by atoms with van der Waals surface area (Å²) in [6, 6.07) is 0. The zero-order valence-corrected chi connectivity index (χ0v) is 7.11. The van der Waals surface area contributed by atoms with Crippen molar-refractivity contribution in [1.29, 1.82) is 0 Å². The molecule has 1 heteroatoms. The highest BCUT2D eigenvalue weighted by Crippen LogP contribution is 2.19. The Morgan fingerprint density at radius 1 is 1.50 bits per heavy atom. The number of hydrogen-bond donors (Lipinski definition) is 1. The lowest BCUT2D eigenvalue weighted by Gasteiger charge is -2.08. The first-order valence-corrected chi connectivity index (χ1v) is 4.33. The van der Waals surface area contributed by atoms with Crippen LogP contribution in [0.4, 0.5) is 0 Å². The van der Waals surface area contributed by atoms with E-state index < -0.39 is 0 Å². The summed E-state index contributed by atoms with van der Waals surface area (Å²) in [5, 5.41) is 3.36. The second-order valence-corrected chi connectivity index (χ2v) is 3.61. The molecular weight excluding hydrogens is 122 g/mol. The van der Waals surface area contributed by atoms with Crippen LogP contribution in [0.3, 0.4) is 0 Å². The molecule has 1 rings (SSSR count). The lowest BCUT2D eigenvalue weighted by atomic mass is 9.97. The van der Waals surface area contributed by atoms with Gasteiger partial charge in [-0.2, -0.15) is 0 Å². The first-order valence-electron chi connectivity index (χ1n) is 4.33. The van der Waals surface area contributed by atoms with E-state index >= 15 is 0 Å². The third-order valence-corrected chi connectivity index (χ3v) is 2.11.